The Morgan fingerprint density at radius 1 is 1.15 bits per heavy atom. The molecule has 1 aromatic carbocycles. The number of aliphatic imine (C=N–C) groups is 1. The third-order valence-corrected chi connectivity index (χ3v) is 9.00. The van der Waals surface area contributed by atoms with Gasteiger partial charge in [0.1, 0.15) is 17.2 Å². The van der Waals surface area contributed by atoms with Crippen LogP contribution < -0.4 is 11.1 Å². The van der Waals surface area contributed by atoms with Gasteiger partial charge in [-0.05, 0) is 63.4 Å². The number of amides is 1. The lowest BCUT2D eigenvalue weighted by Crippen LogP contribution is -2.32. The Morgan fingerprint density at radius 3 is 2.54 bits per heavy atom. The Bertz CT molecular complexity index is 1420. The number of nitrogens with zero attached hydrogens (tertiary/aromatic N) is 5. The highest BCUT2D eigenvalue weighted by Crippen LogP contribution is 2.54. The lowest BCUT2D eigenvalue weighted by molar-refractivity contribution is 0.205. The molecular weight excluding hydrogens is 497 g/mol. The minimum absolute atomic E-state index is 0.0258. The second-order valence-electron chi connectivity index (χ2n) is 11.6. The summed E-state index contributed by atoms with van der Waals surface area (Å²) in [5, 5.41) is 12.8. The summed E-state index contributed by atoms with van der Waals surface area (Å²) in [5.74, 6) is 1.92. The number of hydrogen-bond donors (Lipinski definition) is 3. The average molecular weight is 534 g/mol. The van der Waals surface area contributed by atoms with Crippen LogP contribution in [0, 0.1) is 17.7 Å². The molecule has 0 radical (unpaired) electrons. The quantitative estimate of drug-likeness (QED) is 0.253. The molecule has 0 aliphatic heterocycles. The predicted octanol–water partition coefficient (Wildman–Crippen LogP) is 5.61. The monoisotopic (exact) mass is 533 g/mol. The fraction of sp³-hybridized carbons (Fsp3) is 0.552. The van der Waals surface area contributed by atoms with Gasteiger partial charge in [0.2, 0.25) is 0 Å². The highest BCUT2D eigenvalue weighted by atomic mass is 19.1. The molecule has 3 aromatic rings. The van der Waals surface area contributed by atoms with Gasteiger partial charge < -0.3 is 20.7 Å². The Labute approximate surface area is 227 Å². The van der Waals surface area contributed by atoms with Gasteiger partial charge in [-0.3, -0.25) is 0 Å². The summed E-state index contributed by atoms with van der Waals surface area (Å²) in [6.45, 7) is 2.91. The second kappa shape index (κ2) is 10.2. The number of aromatic nitrogens is 4. The number of amidine groups is 1. The van der Waals surface area contributed by atoms with Crippen LogP contribution in [-0.4, -0.2) is 42.6 Å². The Morgan fingerprint density at radius 2 is 1.90 bits per heavy atom. The van der Waals surface area contributed by atoms with Crippen LogP contribution in [0.3, 0.4) is 0 Å². The highest BCUT2D eigenvalue weighted by molar-refractivity contribution is 6.01. The third kappa shape index (κ3) is 4.85. The van der Waals surface area contributed by atoms with Gasteiger partial charge in [0.05, 0.1) is 5.41 Å². The van der Waals surface area contributed by atoms with Crippen molar-refractivity contribution < 1.29 is 14.3 Å². The van der Waals surface area contributed by atoms with Crippen molar-refractivity contribution in [2.75, 3.05) is 5.32 Å². The molecule has 3 aliphatic carbocycles. The molecule has 3 saturated carbocycles. The molecule has 4 N–H and O–H groups in total. The van der Waals surface area contributed by atoms with E-state index in [1.165, 1.54) is 31.7 Å². The maximum Gasteiger partial charge on any atom is 0.433 e. The average Bonchev–Trinajstić information content (AvgIpc) is 3.59. The van der Waals surface area contributed by atoms with E-state index in [4.69, 9.17) is 15.7 Å². The van der Waals surface area contributed by atoms with E-state index >= 15 is 4.39 Å². The summed E-state index contributed by atoms with van der Waals surface area (Å²) >= 11 is 0. The summed E-state index contributed by atoms with van der Waals surface area (Å²) in [4.78, 5) is 29.1. The summed E-state index contributed by atoms with van der Waals surface area (Å²) in [5.41, 5.74) is 7.35. The first-order chi connectivity index (χ1) is 18.9. The number of nitrogens with one attached hydrogen (secondary N) is 1. The zero-order valence-electron chi connectivity index (χ0n) is 22.4. The Hall–Kier alpha value is -3.56. The van der Waals surface area contributed by atoms with Crippen molar-refractivity contribution in [3.05, 3.63) is 47.3 Å². The molecule has 3 aliphatic rings. The molecule has 1 amide bonds. The molecule has 3 fully saturated rings. The number of hydrogen-bond acceptors (Lipinski definition) is 5. The Balaban J connectivity index is 1.54. The zero-order chi connectivity index (χ0) is 27.1. The first kappa shape index (κ1) is 25.7. The SMILES string of the molecule is C[C@@H](Nc1nc(/C(N)=N/C(=O)O)nc2nc(C3(c4ccccc4F)CC3)n(CC3CCCCC3)c12)C1CCC1. The van der Waals surface area contributed by atoms with Crippen molar-refractivity contribution in [1.82, 2.24) is 19.5 Å². The van der Waals surface area contributed by atoms with Gasteiger partial charge in [-0.15, -0.1) is 0 Å². The van der Waals surface area contributed by atoms with Crippen LogP contribution in [0.25, 0.3) is 11.2 Å². The maximum absolute atomic E-state index is 15.2. The number of anilines is 1. The van der Waals surface area contributed by atoms with E-state index in [2.05, 4.69) is 26.8 Å². The van der Waals surface area contributed by atoms with Crippen molar-refractivity contribution in [3.63, 3.8) is 0 Å². The van der Waals surface area contributed by atoms with Crippen LogP contribution in [-0.2, 0) is 12.0 Å². The summed E-state index contributed by atoms with van der Waals surface area (Å²) < 4.78 is 17.4. The van der Waals surface area contributed by atoms with E-state index in [0.29, 0.717) is 28.9 Å². The topological polar surface area (TPSA) is 131 Å². The number of fused-ring (bicyclic) bond motifs is 1. The van der Waals surface area contributed by atoms with Crippen LogP contribution in [0.1, 0.15) is 88.3 Å². The lowest BCUT2D eigenvalue weighted by atomic mass is 9.80. The Kier molecular flexibility index (Phi) is 6.72. The van der Waals surface area contributed by atoms with E-state index < -0.39 is 11.5 Å². The van der Waals surface area contributed by atoms with Crippen molar-refractivity contribution >= 4 is 28.9 Å². The van der Waals surface area contributed by atoms with Gasteiger partial charge >= 0.3 is 6.09 Å². The van der Waals surface area contributed by atoms with Crippen LogP contribution in [0.15, 0.2) is 29.3 Å². The fourth-order valence-electron chi connectivity index (χ4n) is 6.44. The van der Waals surface area contributed by atoms with Gasteiger partial charge in [0.15, 0.2) is 23.1 Å². The summed E-state index contributed by atoms with van der Waals surface area (Å²) in [7, 11) is 0. The summed E-state index contributed by atoms with van der Waals surface area (Å²) in [6, 6.07) is 7.12. The minimum Gasteiger partial charge on any atom is -0.463 e. The van der Waals surface area contributed by atoms with Gasteiger partial charge in [-0.2, -0.15) is 4.99 Å². The van der Waals surface area contributed by atoms with E-state index in [1.54, 1.807) is 6.07 Å². The zero-order valence-corrected chi connectivity index (χ0v) is 22.4. The predicted molar refractivity (Wildman–Crippen MR) is 147 cm³/mol. The normalized spacial score (nSPS) is 20.5. The van der Waals surface area contributed by atoms with Crippen molar-refractivity contribution in [1.29, 1.82) is 0 Å². The van der Waals surface area contributed by atoms with E-state index in [9.17, 15) is 9.90 Å². The van der Waals surface area contributed by atoms with Gasteiger partial charge in [-0.1, -0.05) is 43.9 Å². The highest BCUT2D eigenvalue weighted by Gasteiger charge is 2.51. The number of benzene rings is 1. The first-order valence-corrected chi connectivity index (χ1v) is 14.2. The molecule has 9 nitrogen and oxygen atoms in total. The molecule has 39 heavy (non-hydrogen) atoms. The third-order valence-electron chi connectivity index (χ3n) is 9.00. The van der Waals surface area contributed by atoms with E-state index in [1.807, 2.05) is 12.1 Å². The molecule has 6 rings (SSSR count). The molecule has 10 heteroatoms. The van der Waals surface area contributed by atoms with E-state index in [0.717, 1.165) is 56.4 Å². The standard InChI is InChI=1S/C29H36FN7O2/c1-17(19-10-7-11-19)32-24-22-25(35-26(34-24)23(31)33-28(38)39)36-27(37(22)16-18-8-3-2-4-9-18)29(14-15-29)20-12-5-6-13-21(20)30/h5-6,12-13,17-19H,2-4,7-11,14-16H2,1H3,(H2,31,33)(H,38,39)(H,32,34,35)/t17-/m1/s1. The molecular formula is C29H36FN7O2. The number of rotatable bonds is 8. The number of nitrogens with two attached hydrogens (primary N) is 1. The molecule has 0 unspecified atom stereocenters. The van der Waals surface area contributed by atoms with E-state index in [-0.39, 0.29) is 23.5 Å². The van der Waals surface area contributed by atoms with Gasteiger partial charge in [0, 0.05) is 18.2 Å². The number of halogens is 1. The number of carbonyl (C=O) groups is 1. The smallest absolute Gasteiger partial charge is 0.433 e. The second-order valence-corrected chi connectivity index (χ2v) is 11.6. The largest absolute Gasteiger partial charge is 0.463 e. The van der Waals surface area contributed by atoms with Crippen LogP contribution in [0.2, 0.25) is 0 Å². The van der Waals surface area contributed by atoms with Crippen molar-refractivity contribution in [2.45, 2.75) is 89.1 Å². The van der Waals surface area contributed by atoms with Crippen molar-refractivity contribution in [2.24, 2.45) is 22.6 Å². The minimum atomic E-state index is -1.41. The van der Waals surface area contributed by atoms with Crippen molar-refractivity contribution in [3.8, 4) is 0 Å². The molecule has 2 aromatic heterocycles. The first-order valence-electron chi connectivity index (χ1n) is 14.2. The molecule has 0 saturated heterocycles. The molecule has 0 bridgehead atoms. The lowest BCUT2D eigenvalue weighted by Gasteiger charge is -2.32. The van der Waals surface area contributed by atoms with Gasteiger partial charge in [-0.25, -0.2) is 24.1 Å². The molecule has 0 spiro atoms. The van der Waals surface area contributed by atoms with Crippen LogP contribution in [0.5, 0.6) is 0 Å². The molecule has 206 valence electrons. The molecule has 1 atom stereocenters. The van der Waals surface area contributed by atoms with Crippen LogP contribution >= 0.6 is 0 Å². The molecule has 2 heterocycles. The number of carboxylic acid groups (broad SMARTS) is 1. The summed E-state index contributed by atoms with van der Waals surface area (Å²) in [6.07, 6.45) is 9.67. The fourth-order valence-corrected chi connectivity index (χ4v) is 6.44. The maximum atomic E-state index is 15.2. The van der Waals surface area contributed by atoms with Gasteiger partial charge in [0.25, 0.3) is 0 Å². The van der Waals surface area contributed by atoms with Crippen LogP contribution in [0.4, 0.5) is 15.0 Å². The number of imidazole rings is 1.